The minimum atomic E-state index is -4.06. The molecule has 0 N–H and O–H groups in total. The van der Waals surface area contributed by atoms with Crippen molar-refractivity contribution in [1.82, 2.24) is 9.21 Å². The zero-order chi connectivity index (χ0) is 20.5. The topological polar surface area (TPSA) is 101 Å². The second-order valence-electron chi connectivity index (χ2n) is 7.35. The van der Waals surface area contributed by atoms with Gasteiger partial charge in [-0.25, -0.2) is 16.8 Å². The van der Waals surface area contributed by atoms with E-state index in [1.54, 1.807) is 0 Å². The molecule has 156 valence electrons. The molecule has 2 saturated heterocycles. The summed E-state index contributed by atoms with van der Waals surface area (Å²) in [5, 5.41) is 0. The van der Waals surface area contributed by atoms with Crippen LogP contribution < -0.4 is 0 Å². The van der Waals surface area contributed by atoms with Crippen LogP contribution in [0.1, 0.15) is 25.7 Å². The fourth-order valence-corrected chi connectivity index (χ4v) is 6.36. The van der Waals surface area contributed by atoms with Gasteiger partial charge in [0, 0.05) is 18.8 Å². The van der Waals surface area contributed by atoms with Gasteiger partial charge in [0.2, 0.25) is 10.0 Å². The van der Waals surface area contributed by atoms with Crippen molar-refractivity contribution in [2.24, 2.45) is 0 Å². The highest BCUT2D eigenvalue weighted by Crippen LogP contribution is 2.31. The van der Waals surface area contributed by atoms with Gasteiger partial charge in [-0.2, -0.15) is 4.31 Å². The molecule has 2 aliphatic rings. The highest BCUT2D eigenvalue weighted by atomic mass is 32.2. The van der Waals surface area contributed by atoms with E-state index >= 15 is 0 Å². The maximum absolute atomic E-state index is 13.3. The standard InChI is InChI=1S/C18H26N2O6S2/c1-26-18(21)17-11-14(19-9-4-3-5-10-19)13-20(17)28(24,25)16-8-6-7-15(12-16)27(2,22)23/h6-8,12,14,17H,3-5,9-11,13H2,1-2H3/t14?,17-/m0/s1. The molecule has 0 spiro atoms. The summed E-state index contributed by atoms with van der Waals surface area (Å²) in [5.74, 6) is -0.595. The Balaban J connectivity index is 1.94. The fourth-order valence-electron chi connectivity index (χ4n) is 3.95. The Morgan fingerprint density at radius 3 is 2.32 bits per heavy atom. The summed E-state index contributed by atoms with van der Waals surface area (Å²) in [4.78, 5) is 14.3. The number of esters is 1. The highest BCUT2D eigenvalue weighted by Gasteiger charge is 2.46. The first-order chi connectivity index (χ1) is 13.1. The third kappa shape index (κ3) is 4.24. The zero-order valence-corrected chi connectivity index (χ0v) is 17.7. The molecule has 0 saturated carbocycles. The van der Waals surface area contributed by atoms with Gasteiger partial charge in [0.15, 0.2) is 9.84 Å². The number of likely N-dealkylation sites (tertiary alicyclic amines) is 1. The fraction of sp³-hybridized carbons (Fsp3) is 0.611. The van der Waals surface area contributed by atoms with E-state index in [0.717, 1.165) is 44.7 Å². The van der Waals surface area contributed by atoms with Crippen LogP contribution in [0.25, 0.3) is 0 Å². The molecule has 1 unspecified atom stereocenters. The number of sulfonamides is 1. The van der Waals surface area contributed by atoms with E-state index in [1.165, 1.54) is 29.6 Å². The number of hydrogen-bond acceptors (Lipinski definition) is 7. The third-order valence-corrected chi connectivity index (χ3v) is 8.44. The van der Waals surface area contributed by atoms with Crippen LogP contribution in [-0.2, 0) is 29.4 Å². The van der Waals surface area contributed by atoms with E-state index in [9.17, 15) is 21.6 Å². The van der Waals surface area contributed by atoms with Gasteiger partial charge in [0.25, 0.3) is 0 Å². The lowest BCUT2D eigenvalue weighted by atomic mass is 10.1. The van der Waals surface area contributed by atoms with Crippen molar-refractivity contribution in [1.29, 1.82) is 0 Å². The summed E-state index contributed by atoms with van der Waals surface area (Å²) in [6, 6.07) is 4.28. The molecule has 2 fully saturated rings. The minimum Gasteiger partial charge on any atom is -0.468 e. The number of methoxy groups -OCH3 is 1. The monoisotopic (exact) mass is 430 g/mol. The van der Waals surface area contributed by atoms with Gasteiger partial charge in [0.1, 0.15) is 6.04 Å². The second-order valence-corrected chi connectivity index (χ2v) is 11.3. The average molecular weight is 431 g/mol. The van der Waals surface area contributed by atoms with E-state index in [1.807, 2.05) is 0 Å². The number of sulfone groups is 1. The molecule has 2 atom stereocenters. The lowest BCUT2D eigenvalue weighted by molar-refractivity contribution is -0.144. The quantitative estimate of drug-likeness (QED) is 0.639. The number of carbonyl (C=O) groups is 1. The Kier molecular flexibility index (Phi) is 6.14. The molecule has 2 aliphatic heterocycles. The molecule has 0 aromatic heterocycles. The average Bonchev–Trinajstić information content (AvgIpc) is 3.14. The summed E-state index contributed by atoms with van der Waals surface area (Å²) >= 11 is 0. The predicted octanol–water partition coefficient (Wildman–Crippen LogP) is 0.881. The van der Waals surface area contributed by atoms with Crippen LogP contribution in [0.2, 0.25) is 0 Å². The molecule has 8 nitrogen and oxygen atoms in total. The van der Waals surface area contributed by atoms with E-state index in [2.05, 4.69) is 4.90 Å². The minimum absolute atomic E-state index is 0.0581. The second kappa shape index (κ2) is 8.10. The molecular weight excluding hydrogens is 404 g/mol. The van der Waals surface area contributed by atoms with Crippen LogP contribution >= 0.6 is 0 Å². The number of piperidine rings is 1. The number of benzene rings is 1. The summed E-state index contributed by atoms with van der Waals surface area (Å²) in [5.41, 5.74) is 0. The van der Waals surface area contributed by atoms with E-state index < -0.39 is 31.9 Å². The summed E-state index contributed by atoms with van der Waals surface area (Å²) < 4.78 is 56.2. The number of rotatable bonds is 5. The van der Waals surface area contributed by atoms with Crippen molar-refractivity contribution in [3.05, 3.63) is 24.3 Å². The van der Waals surface area contributed by atoms with E-state index in [0.29, 0.717) is 6.42 Å². The lowest BCUT2D eigenvalue weighted by Crippen LogP contribution is -2.42. The van der Waals surface area contributed by atoms with Gasteiger partial charge in [-0.1, -0.05) is 12.5 Å². The van der Waals surface area contributed by atoms with E-state index in [-0.39, 0.29) is 22.4 Å². The summed E-state index contributed by atoms with van der Waals surface area (Å²) in [7, 11) is -6.37. The number of ether oxygens (including phenoxy) is 1. The molecule has 1 aromatic carbocycles. The maximum Gasteiger partial charge on any atom is 0.324 e. The molecule has 0 aliphatic carbocycles. The van der Waals surface area contributed by atoms with Crippen LogP contribution in [0.15, 0.2) is 34.1 Å². The normalized spacial score (nSPS) is 24.9. The van der Waals surface area contributed by atoms with Crippen LogP contribution in [0.4, 0.5) is 0 Å². The first-order valence-corrected chi connectivity index (χ1v) is 12.6. The van der Waals surface area contributed by atoms with Crippen molar-refractivity contribution in [3.8, 4) is 0 Å². The van der Waals surface area contributed by atoms with Crippen molar-refractivity contribution in [2.45, 2.75) is 47.6 Å². The molecule has 2 heterocycles. The largest absolute Gasteiger partial charge is 0.468 e. The highest BCUT2D eigenvalue weighted by molar-refractivity contribution is 7.91. The first kappa shape index (κ1) is 21.2. The van der Waals surface area contributed by atoms with Crippen LogP contribution in [0, 0.1) is 0 Å². The van der Waals surface area contributed by atoms with Crippen molar-refractivity contribution >= 4 is 25.8 Å². The molecule has 0 radical (unpaired) electrons. The van der Waals surface area contributed by atoms with Gasteiger partial charge in [-0.15, -0.1) is 0 Å². The van der Waals surface area contributed by atoms with Crippen LogP contribution in [0.3, 0.4) is 0 Å². The van der Waals surface area contributed by atoms with Gasteiger partial charge >= 0.3 is 5.97 Å². The Bertz CT molecular complexity index is 939. The summed E-state index contributed by atoms with van der Waals surface area (Å²) in [6.45, 7) is 1.96. The predicted molar refractivity (Wildman–Crippen MR) is 103 cm³/mol. The van der Waals surface area contributed by atoms with Crippen molar-refractivity contribution in [2.75, 3.05) is 33.0 Å². The Morgan fingerprint density at radius 1 is 1.07 bits per heavy atom. The molecule has 1 aromatic rings. The molecule has 10 heteroatoms. The molecule has 0 amide bonds. The van der Waals surface area contributed by atoms with Crippen LogP contribution in [-0.4, -0.2) is 77.1 Å². The molecule has 28 heavy (non-hydrogen) atoms. The summed E-state index contributed by atoms with van der Waals surface area (Å²) in [6.07, 6.45) is 4.67. The molecule has 3 rings (SSSR count). The lowest BCUT2D eigenvalue weighted by Gasteiger charge is -2.32. The van der Waals surface area contributed by atoms with Gasteiger partial charge in [-0.05, 0) is 50.6 Å². The number of carbonyl (C=O) groups excluding carboxylic acids is 1. The number of hydrogen-bond donors (Lipinski definition) is 0. The Morgan fingerprint density at radius 2 is 1.71 bits per heavy atom. The maximum atomic E-state index is 13.3. The van der Waals surface area contributed by atoms with Crippen molar-refractivity contribution in [3.63, 3.8) is 0 Å². The zero-order valence-electron chi connectivity index (χ0n) is 16.1. The van der Waals surface area contributed by atoms with Crippen LogP contribution in [0.5, 0.6) is 0 Å². The number of nitrogens with zero attached hydrogens (tertiary/aromatic N) is 2. The third-order valence-electron chi connectivity index (χ3n) is 5.45. The Hall–Kier alpha value is -1.49. The van der Waals surface area contributed by atoms with Gasteiger partial charge < -0.3 is 4.74 Å². The first-order valence-electron chi connectivity index (χ1n) is 9.28. The SMILES string of the molecule is COC(=O)[C@@H]1CC(N2CCCCC2)CN1S(=O)(=O)c1cccc(S(C)(=O)=O)c1. The molecule has 0 bridgehead atoms. The Labute approximate surface area is 166 Å². The smallest absolute Gasteiger partial charge is 0.324 e. The van der Waals surface area contributed by atoms with E-state index in [4.69, 9.17) is 4.74 Å². The van der Waals surface area contributed by atoms with Crippen molar-refractivity contribution < 1.29 is 26.4 Å². The molecular formula is C18H26N2O6S2. The van der Waals surface area contributed by atoms with Gasteiger partial charge in [-0.3, -0.25) is 9.69 Å². The van der Waals surface area contributed by atoms with Gasteiger partial charge in [0.05, 0.1) is 16.9 Å².